The molecule has 0 aliphatic heterocycles. The molecular formula is C14H12BrNO3. The summed E-state index contributed by atoms with van der Waals surface area (Å²) < 4.78 is 0.538. The molecular weight excluding hydrogens is 310 g/mol. The van der Waals surface area contributed by atoms with Gasteiger partial charge in [-0.15, -0.1) is 0 Å². The molecule has 2 aromatic rings. The number of benzene rings is 2. The molecule has 98 valence electrons. The summed E-state index contributed by atoms with van der Waals surface area (Å²) in [6, 6.07) is 11.5. The van der Waals surface area contributed by atoms with Gasteiger partial charge in [0, 0.05) is 11.3 Å². The molecule has 0 unspecified atom stereocenters. The van der Waals surface area contributed by atoms with Crippen LogP contribution in [-0.4, -0.2) is 16.1 Å². The highest BCUT2D eigenvalue weighted by Crippen LogP contribution is 2.24. The topological polar surface area (TPSA) is 69.6 Å². The Balaban J connectivity index is 2.13. The molecule has 5 heteroatoms. The fraction of sp³-hybridized carbons (Fsp3) is 0.0714. The molecule has 0 bridgehead atoms. The lowest BCUT2D eigenvalue weighted by atomic mass is 10.2. The number of aliphatic hydroxyl groups is 1. The fourth-order valence-corrected chi connectivity index (χ4v) is 1.80. The van der Waals surface area contributed by atoms with Crippen LogP contribution in [0.5, 0.6) is 5.75 Å². The molecule has 0 spiro atoms. The van der Waals surface area contributed by atoms with Gasteiger partial charge in [0.15, 0.2) is 0 Å². The summed E-state index contributed by atoms with van der Waals surface area (Å²) in [6.45, 7) is -0.0329. The van der Waals surface area contributed by atoms with Crippen molar-refractivity contribution in [2.24, 2.45) is 0 Å². The lowest BCUT2D eigenvalue weighted by Crippen LogP contribution is -2.11. The van der Waals surface area contributed by atoms with E-state index in [1.807, 2.05) is 0 Å². The molecule has 1 amide bonds. The van der Waals surface area contributed by atoms with Crippen LogP contribution in [0.3, 0.4) is 0 Å². The number of aliphatic hydroxyl groups excluding tert-OH is 1. The van der Waals surface area contributed by atoms with Crippen LogP contribution >= 0.6 is 15.9 Å². The third kappa shape index (κ3) is 3.33. The summed E-state index contributed by atoms with van der Waals surface area (Å²) in [5, 5.41) is 21.2. The zero-order valence-corrected chi connectivity index (χ0v) is 11.5. The molecule has 0 fully saturated rings. The highest BCUT2D eigenvalue weighted by Gasteiger charge is 2.08. The maximum atomic E-state index is 11.9. The first-order valence-electron chi connectivity index (χ1n) is 5.60. The quantitative estimate of drug-likeness (QED) is 0.814. The number of anilines is 1. The van der Waals surface area contributed by atoms with E-state index in [-0.39, 0.29) is 18.3 Å². The first-order chi connectivity index (χ1) is 9.10. The molecule has 2 rings (SSSR count). The number of hydrogen-bond acceptors (Lipinski definition) is 3. The molecule has 0 saturated heterocycles. The molecule has 0 aromatic heterocycles. The minimum absolute atomic E-state index is 0.0169. The maximum absolute atomic E-state index is 11.9. The molecule has 0 saturated carbocycles. The number of carbonyl (C=O) groups is 1. The van der Waals surface area contributed by atoms with Crippen LogP contribution in [0.2, 0.25) is 0 Å². The van der Waals surface area contributed by atoms with Gasteiger partial charge in [0.25, 0.3) is 5.91 Å². The van der Waals surface area contributed by atoms with Gasteiger partial charge in [0.1, 0.15) is 5.75 Å². The normalized spacial score (nSPS) is 10.2. The minimum atomic E-state index is -0.306. The van der Waals surface area contributed by atoms with E-state index in [1.165, 1.54) is 6.07 Å². The lowest BCUT2D eigenvalue weighted by molar-refractivity contribution is 0.102. The number of nitrogens with one attached hydrogen (secondary N) is 1. The Morgan fingerprint density at radius 3 is 2.42 bits per heavy atom. The van der Waals surface area contributed by atoms with Crippen LogP contribution < -0.4 is 5.32 Å². The second-order valence-electron chi connectivity index (χ2n) is 3.98. The van der Waals surface area contributed by atoms with Crippen LogP contribution in [0.1, 0.15) is 15.9 Å². The van der Waals surface area contributed by atoms with E-state index >= 15 is 0 Å². The van der Waals surface area contributed by atoms with E-state index in [4.69, 9.17) is 5.11 Å². The average molecular weight is 322 g/mol. The van der Waals surface area contributed by atoms with E-state index in [0.29, 0.717) is 15.7 Å². The summed E-state index contributed by atoms with van der Waals surface area (Å²) in [4.78, 5) is 11.9. The number of phenolic OH excluding ortho intramolecular Hbond substituents is 1. The molecule has 4 nitrogen and oxygen atoms in total. The highest BCUT2D eigenvalue weighted by atomic mass is 79.9. The number of carbonyl (C=O) groups excluding carboxylic acids is 1. The van der Waals surface area contributed by atoms with E-state index in [2.05, 4.69) is 21.2 Å². The summed E-state index contributed by atoms with van der Waals surface area (Å²) in [6.07, 6.45) is 0. The molecule has 0 aliphatic rings. The lowest BCUT2D eigenvalue weighted by Gasteiger charge is -2.07. The summed E-state index contributed by atoms with van der Waals surface area (Å²) in [5.41, 5.74) is 1.77. The smallest absolute Gasteiger partial charge is 0.255 e. The zero-order valence-electron chi connectivity index (χ0n) is 9.93. The van der Waals surface area contributed by atoms with Crippen LogP contribution in [0.15, 0.2) is 46.9 Å². The Kier molecular flexibility index (Phi) is 4.19. The van der Waals surface area contributed by atoms with Gasteiger partial charge in [0.2, 0.25) is 0 Å². The van der Waals surface area contributed by atoms with Crippen LogP contribution in [0.4, 0.5) is 5.69 Å². The van der Waals surface area contributed by atoms with Gasteiger partial charge in [0.05, 0.1) is 11.1 Å². The molecule has 0 atom stereocenters. The van der Waals surface area contributed by atoms with Crippen molar-refractivity contribution < 1.29 is 15.0 Å². The van der Waals surface area contributed by atoms with Crippen molar-refractivity contribution in [1.82, 2.24) is 0 Å². The van der Waals surface area contributed by atoms with E-state index in [1.54, 1.807) is 36.4 Å². The summed E-state index contributed by atoms with van der Waals surface area (Å²) in [7, 11) is 0. The zero-order chi connectivity index (χ0) is 13.8. The first-order valence-corrected chi connectivity index (χ1v) is 6.39. The standard InChI is InChI=1S/C14H12BrNO3/c15-12-6-3-10(7-13(12)18)14(19)16-11-4-1-9(8-17)2-5-11/h1-7,17-18H,8H2,(H,16,19). The van der Waals surface area contributed by atoms with Crippen molar-refractivity contribution in [3.8, 4) is 5.75 Å². The fourth-order valence-electron chi connectivity index (χ4n) is 1.55. The average Bonchev–Trinajstić information content (AvgIpc) is 2.42. The monoisotopic (exact) mass is 321 g/mol. The number of halogens is 1. The number of amides is 1. The number of aromatic hydroxyl groups is 1. The van der Waals surface area contributed by atoms with Crippen LogP contribution in [0.25, 0.3) is 0 Å². The number of hydrogen-bond donors (Lipinski definition) is 3. The second-order valence-corrected chi connectivity index (χ2v) is 4.83. The van der Waals surface area contributed by atoms with E-state index in [9.17, 15) is 9.90 Å². The van der Waals surface area contributed by atoms with E-state index < -0.39 is 0 Å². The van der Waals surface area contributed by atoms with Crippen molar-refractivity contribution in [3.63, 3.8) is 0 Å². The van der Waals surface area contributed by atoms with Crippen LogP contribution in [-0.2, 0) is 6.61 Å². The summed E-state index contributed by atoms with van der Waals surface area (Å²) >= 11 is 3.16. The Bertz CT molecular complexity index is 596. The number of phenols is 1. The Morgan fingerprint density at radius 2 is 1.84 bits per heavy atom. The third-order valence-corrected chi connectivity index (χ3v) is 3.27. The molecule has 0 radical (unpaired) electrons. The van der Waals surface area contributed by atoms with Gasteiger partial charge in [-0.3, -0.25) is 4.79 Å². The maximum Gasteiger partial charge on any atom is 0.255 e. The first kappa shape index (κ1) is 13.6. The predicted molar refractivity (Wildman–Crippen MR) is 76.1 cm³/mol. The molecule has 19 heavy (non-hydrogen) atoms. The highest BCUT2D eigenvalue weighted by molar-refractivity contribution is 9.10. The molecule has 3 N–H and O–H groups in total. The van der Waals surface area contributed by atoms with Gasteiger partial charge < -0.3 is 15.5 Å². The SMILES string of the molecule is O=C(Nc1ccc(CO)cc1)c1ccc(Br)c(O)c1. The van der Waals surface area contributed by atoms with Gasteiger partial charge in [-0.2, -0.15) is 0 Å². The van der Waals surface area contributed by atoms with Crippen LogP contribution in [0, 0.1) is 0 Å². The molecule has 2 aromatic carbocycles. The van der Waals surface area contributed by atoms with Crippen molar-refractivity contribution in [2.45, 2.75) is 6.61 Å². The van der Waals surface area contributed by atoms with Crippen molar-refractivity contribution in [3.05, 3.63) is 58.1 Å². The van der Waals surface area contributed by atoms with Crippen molar-refractivity contribution in [2.75, 3.05) is 5.32 Å². The van der Waals surface area contributed by atoms with Gasteiger partial charge in [-0.05, 0) is 51.8 Å². The third-order valence-electron chi connectivity index (χ3n) is 2.60. The Hall–Kier alpha value is -1.85. The van der Waals surface area contributed by atoms with Gasteiger partial charge >= 0.3 is 0 Å². The van der Waals surface area contributed by atoms with Crippen molar-refractivity contribution >= 4 is 27.5 Å². The largest absolute Gasteiger partial charge is 0.507 e. The number of rotatable bonds is 3. The molecule has 0 heterocycles. The van der Waals surface area contributed by atoms with E-state index in [0.717, 1.165) is 5.56 Å². The molecule has 0 aliphatic carbocycles. The van der Waals surface area contributed by atoms with Gasteiger partial charge in [-0.25, -0.2) is 0 Å². The van der Waals surface area contributed by atoms with Crippen molar-refractivity contribution in [1.29, 1.82) is 0 Å². The minimum Gasteiger partial charge on any atom is -0.507 e. The second kappa shape index (κ2) is 5.86. The Labute approximate surface area is 118 Å². The predicted octanol–water partition coefficient (Wildman–Crippen LogP) is 2.90. The summed E-state index contributed by atoms with van der Waals surface area (Å²) in [5.74, 6) is -0.289. The van der Waals surface area contributed by atoms with Gasteiger partial charge in [-0.1, -0.05) is 12.1 Å². The Morgan fingerprint density at radius 1 is 1.16 bits per heavy atom.